The van der Waals surface area contributed by atoms with E-state index in [1.807, 2.05) is 0 Å². The first kappa shape index (κ1) is 24.1. The van der Waals surface area contributed by atoms with E-state index in [0.717, 1.165) is 0 Å². The number of benzene rings is 2. The number of hydrogen-bond donors (Lipinski definition) is 3. The molecule has 0 aliphatic carbocycles. The molecule has 33 heavy (non-hydrogen) atoms. The van der Waals surface area contributed by atoms with Crippen molar-refractivity contribution in [3.63, 3.8) is 0 Å². The largest absolute Gasteiger partial charge is 0.492 e. The molecule has 0 spiro atoms. The summed E-state index contributed by atoms with van der Waals surface area (Å²) in [5.74, 6) is -3.35. The van der Waals surface area contributed by atoms with Crippen LogP contribution in [-0.4, -0.2) is 40.1 Å². The van der Waals surface area contributed by atoms with Crippen LogP contribution in [0.5, 0.6) is 5.75 Å². The van der Waals surface area contributed by atoms with E-state index in [2.05, 4.69) is 36.5 Å². The highest BCUT2D eigenvalue weighted by Crippen LogP contribution is 2.31. The second-order valence-electron chi connectivity index (χ2n) is 6.72. The van der Waals surface area contributed by atoms with E-state index in [1.165, 1.54) is 24.5 Å². The lowest BCUT2D eigenvalue weighted by Crippen LogP contribution is -2.22. The Labute approximate surface area is 196 Å². The summed E-state index contributed by atoms with van der Waals surface area (Å²) in [7, 11) is 0. The van der Waals surface area contributed by atoms with Crippen LogP contribution in [0.2, 0.25) is 0 Å². The fraction of sp³-hybridized carbons (Fsp3) is 0.182. The first-order chi connectivity index (χ1) is 15.8. The maximum Gasteiger partial charge on any atom is 0.394 e. The quantitative estimate of drug-likeness (QED) is 0.380. The molecule has 172 valence electrons. The Hall–Kier alpha value is -3.60. The lowest BCUT2D eigenvalue weighted by Gasteiger charge is -2.13. The van der Waals surface area contributed by atoms with E-state index >= 15 is 0 Å². The van der Waals surface area contributed by atoms with Crippen molar-refractivity contribution in [3.05, 3.63) is 64.4 Å². The molecule has 1 amide bonds. The number of carboxylic acids is 1. The predicted molar refractivity (Wildman–Crippen MR) is 121 cm³/mol. The van der Waals surface area contributed by atoms with Gasteiger partial charge in [0.15, 0.2) is 0 Å². The lowest BCUT2D eigenvalue weighted by atomic mass is 10.1. The number of carbonyl (C=O) groups is 2. The standard InChI is InChI=1S/C22H19BrF2N4O4/c1-2-33-19-7-12(3-4-17(19)29-21(30)22(31)32)18-10-20(28-11-27-18)26-6-5-14-15(24)8-13(23)9-16(14)25/h3-4,7-11H,2,5-6H2,1H3,(H,29,30)(H,31,32)(H,26,27,28). The molecule has 0 saturated carbocycles. The topological polar surface area (TPSA) is 113 Å². The van der Waals surface area contributed by atoms with Crippen LogP contribution in [0, 0.1) is 11.6 Å². The molecule has 0 fully saturated rings. The minimum absolute atomic E-state index is 0.0275. The minimum Gasteiger partial charge on any atom is -0.492 e. The van der Waals surface area contributed by atoms with Crippen molar-refractivity contribution in [1.82, 2.24) is 9.97 Å². The van der Waals surface area contributed by atoms with Crippen LogP contribution < -0.4 is 15.4 Å². The van der Waals surface area contributed by atoms with E-state index < -0.39 is 23.5 Å². The second-order valence-corrected chi connectivity index (χ2v) is 7.63. The highest BCUT2D eigenvalue weighted by Gasteiger charge is 2.16. The summed E-state index contributed by atoms with van der Waals surface area (Å²) in [6.45, 7) is 2.27. The average Bonchev–Trinajstić information content (AvgIpc) is 2.77. The molecule has 0 atom stereocenters. The van der Waals surface area contributed by atoms with E-state index in [4.69, 9.17) is 9.84 Å². The van der Waals surface area contributed by atoms with Gasteiger partial charge in [-0.25, -0.2) is 23.5 Å². The molecule has 8 nitrogen and oxygen atoms in total. The number of halogens is 3. The average molecular weight is 521 g/mol. The number of aliphatic carboxylic acids is 1. The van der Waals surface area contributed by atoms with Crippen molar-refractivity contribution in [2.24, 2.45) is 0 Å². The molecule has 0 aliphatic rings. The zero-order valence-electron chi connectivity index (χ0n) is 17.4. The Morgan fingerprint density at radius 1 is 1.12 bits per heavy atom. The number of carbonyl (C=O) groups excluding carboxylic acids is 1. The van der Waals surface area contributed by atoms with Crippen molar-refractivity contribution in [2.45, 2.75) is 13.3 Å². The number of carboxylic acid groups (broad SMARTS) is 1. The van der Waals surface area contributed by atoms with Crippen molar-refractivity contribution in [1.29, 1.82) is 0 Å². The molecule has 3 N–H and O–H groups in total. The summed E-state index contributed by atoms with van der Waals surface area (Å²) in [6, 6.07) is 8.82. The number of rotatable bonds is 8. The highest BCUT2D eigenvalue weighted by atomic mass is 79.9. The SMILES string of the molecule is CCOc1cc(-c2cc(NCCc3c(F)cc(Br)cc3F)ncn2)ccc1NC(=O)C(=O)O. The summed E-state index contributed by atoms with van der Waals surface area (Å²) in [5, 5.41) is 14.1. The zero-order chi connectivity index (χ0) is 24.0. The smallest absolute Gasteiger partial charge is 0.394 e. The Morgan fingerprint density at radius 2 is 1.85 bits per heavy atom. The fourth-order valence-corrected chi connectivity index (χ4v) is 3.38. The monoisotopic (exact) mass is 520 g/mol. The molecule has 0 unspecified atom stereocenters. The van der Waals surface area contributed by atoms with Gasteiger partial charge in [-0.2, -0.15) is 0 Å². The van der Waals surface area contributed by atoms with E-state index in [0.29, 0.717) is 28.2 Å². The summed E-state index contributed by atoms with van der Waals surface area (Å²) >= 11 is 3.05. The number of nitrogens with one attached hydrogen (secondary N) is 2. The zero-order valence-corrected chi connectivity index (χ0v) is 18.9. The lowest BCUT2D eigenvalue weighted by molar-refractivity contribution is -0.147. The Kier molecular flexibility index (Phi) is 7.88. The molecule has 0 bridgehead atoms. The molecular formula is C22H19BrF2N4O4. The minimum atomic E-state index is -1.61. The van der Waals surface area contributed by atoms with Crippen molar-refractivity contribution in [2.75, 3.05) is 23.8 Å². The number of ether oxygens (including phenoxy) is 1. The van der Waals surface area contributed by atoms with Crippen molar-refractivity contribution >= 4 is 39.3 Å². The third-order valence-corrected chi connectivity index (χ3v) is 4.93. The van der Waals surface area contributed by atoms with Gasteiger partial charge in [-0.3, -0.25) is 4.79 Å². The number of aromatic nitrogens is 2. The van der Waals surface area contributed by atoms with Gasteiger partial charge in [0.2, 0.25) is 0 Å². The van der Waals surface area contributed by atoms with Crippen LogP contribution in [0.1, 0.15) is 12.5 Å². The van der Waals surface area contributed by atoms with E-state index in [1.54, 1.807) is 25.1 Å². The Balaban J connectivity index is 1.75. The molecular weight excluding hydrogens is 502 g/mol. The molecule has 2 aromatic carbocycles. The van der Waals surface area contributed by atoms with Crippen LogP contribution in [-0.2, 0) is 16.0 Å². The Bertz CT molecular complexity index is 1170. The Morgan fingerprint density at radius 3 is 2.52 bits per heavy atom. The maximum absolute atomic E-state index is 14.0. The van der Waals surface area contributed by atoms with Crippen molar-refractivity contribution in [3.8, 4) is 17.0 Å². The molecule has 0 aliphatic heterocycles. The number of amides is 1. The van der Waals surface area contributed by atoms with Gasteiger partial charge < -0.3 is 20.5 Å². The fourth-order valence-electron chi connectivity index (χ4n) is 2.97. The van der Waals surface area contributed by atoms with Gasteiger partial charge in [0.05, 0.1) is 18.0 Å². The molecule has 1 aromatic heterocycles. The first-order valence-electron chi connectivity index (χ1n) is 9.79. The van der Waals surface area contributed by atoms with E-state index in [9.17, 15) is 18.4 Å². The summed E-state index contributed by atoms with van der Waals surface area (Å²) in [5.41, 5.74) is 1.33. The normalized spacial score (nSPS) is 10.5. The highest BCUT2D eigenvalue weighted by molar-refractivity contribution is 9.10. The summed E-state index contributed by atoms with van der Waals surface area (Å²) in [4.78, 5) is 30.6. The van der Waals surface area contributed by atoms with Gasteiger partial charge in [-0.05, 0) is 37.6 Å². The predicted octanol–water partition coefficient (Wildman–Crippen LogP) is 4.26. The van der Waals surface area contributed by atoms with Crippen molar-refractivity contribution < 1.29 is 28.2 Å². The molecule has 0 radical (unpaired) electrons. The van der Waals surface area contributed by atoms with Crippen LogP contribution in [0.4, 0.5) is 20.3 Å². The summed E-state index contributed by atoms with van der Waals surface area (Å²) < 4.78 is 33.8. The number of anilines is 2. The van der Waals surface area contributed by atoms with Gasteiger partial charge in [-0.1, -0.05) is 22.0 Å². The van der Waals surface area contributed by atoms with Gasteiger partial charge >= 0.3 is 11.9 Å². The van der Waals surface area contributed by atoms with Crippen LogP contribution in [0.15, 0.2) is 47.2 Å². The van der Waals surface area contributed by atoms with Gasteiger partial charge in [-0.15, -0.1) is 0 Å². The third-order valence-electron chi connectivity index (χ3n) is 4.47. The van der Waals surface area contributed by atoms with Crippen LogP contribution >= 0.6 is 15.9 Å². The number of nitrogens with zero attached hydrogens (tertiary/aromatic N) is 2. The molecule has 1 heterocycles. The molecule has 3 rings (SSSR count). The second kappa shape index (κ2) is 10.8. The summed E-state index contributed by atoms with van der Waals surface area (Å²) in [6.07, 6.45) is 1.44. The van der Waals surface area contributed by atoms with Gasteiger partial charge in [0.25, 0.3) is 0 Å². The molecule has 3 aromatic rings. The van der Waals surface area contributed by atoms with Crippen LogP contribution in [0.3, 0.4) is 0 Å². The third kappa shape index (κ3) is 6.22. The van der Waals surface area contributed by atoms with Crippen LogP contribution in [0.25, 0.3) is 11.3 Å². The molecule has 11 heteroatoms. The van der Waals surface area contributed by atoms with Gasteiger partial charge in [0, 0.05) is 28.2 Å². The number of hydrogen-bond acceptors (Lipinski definition) is 6. The van der Waals surface area contributed by atoms with E-state index in [-0.39, 0.29) is 30.0 Å². The van der Waals surface area contributed by atoms with Gasteiger partial charge in [0.1, 0.15) is 29.5 Å². The maximum atomic E-state index is 14.0. The first-order valence-corrected chi connectivity index (χ1v) is 10.6. The molecule has 0 saturated heterocycles.